The molecule has 2 heterocycles. The number of thiazole rings is 1. The maximum Gasteiger partial charge on any atom is 0.453 e. The number of benzene rings is 1. The van der Waals surface area contributed by atoms with Gasteiger partial charge in [-0.3, -0.25) is 9.89 Å². The van der Waals surface area contributed by atoms with E-state index in [0.717, 1.165) is 11.3 Å². The molecule has 3 aromatic rings. The molecule has 0 amide bonds. The van der Waals surface area contributed by atoms with Gasteiger partial charge < -0.3 is 4.98 Å². The number of fused-ring (bicyclic) bond motifs is 1. The average molecular weight is 312 g/mol. The summed E-state index contributed by atoms with van der Waals surface area (Å²) >= 11 is 1.01. The predicted octanol–water partition coefficient (Wildman–Crippen LogP) is 2.79. The zero-order valence-corrected chi connectivity index (χ0v) is 11.1. The number of aromatic amines is 2. The van der Waals surface area contributed by atoms with Crippen molar-refractivity contribution >= 4 is 27.1 Å². The number of nitrogens with zero attached hydrogens (tertiary/aromatic N) is 2. The number of hydrogen-bond donors (Lipinski definition) is 2. The first-order chi connectivity index (χ1) is 9.84. The van der Waals surface area contributed by atoms with Gasteiger partial charge in [-0.05, 0) is 17.7 Å². The fourth-order valence-corrected chi connectivity index (χ4v) is 2.57. The normalized spacial score (nSPS) is 12.0. The highest BCUT2D eigenvalue weighted by atomic mass is 32.1. The van der Waals surface area contributed by atoms with Crippen LogP contribution in [0.3, 0.4) is 0 Å². The number of nitrogens with one attached hydrogen (secondary N) is 2. The number of aromatic nitrogens is 4. The Labute approximate surface area is 119 Å². The Morgan fingerprint density at radius 1 is 1.33 bits per heavy atom. The van der Waals surface area contributed by atoms with Crippen LogP contribution in [0.5, 0.6) is 0 Å². The summed E-state index contributed by atoms with van der Waals surface area (Å²) < 4.78 is 38.1. The fraction of sp³-hybridized carbons (Fsp3) is 0.0833. The van der Waals surface area contributed by atoms with E-state index in [2.05, 4.69) is 26.7 Å². The lowest BCUT2D eigenvalue weighted by Crippen LogP contribution is -2.07. The molecule has 2 aromatic heterocycles. The Kier molecular flexibility index (Phi) is 2.94. The Hall–Kier alpha value is -2.42. The minimum absolute atomic E-state index is 0.0652. The predicted molar refractivity (Wildman–Crippen MR) is 72.0 cm³/mol. The lowest BCUT2D eigenvalue weighted by molar-refractivity contribution is -0.144. The molecule has 108 valence electrons. The van der Waals surface area contributed by atoms with Crippen molar-refractivity contribution < 1.29 is 13.2 Å². The summed E-state index contributed by atoms with van der Waals surface area (Å²) in [5.41, 5.74) is 1.48. The first-order valence-corrected chi connectivity index (χ1v) is 6.48. The van der Waals surface area contributed by atoms with E-state index in [1.165, 1.54) is 0 Å². The number of rotatable bonds is 2. The van der Waals surface area contributed by atoms with Crippen molar-refractivity contribution in [2.75, 3.05) is 0 Å². The molecule has 1 aromatic carbocycles. The second-order valence-corrected chi connectivity index (χ2v) is 5.22. The molecule has 9 heteroatoms. The molecule has 0 aliphatic carbocycles. The van der Waals surface area contributed by atoms with E-state index < -0.39 is 12.0 Å². The molecule has 21 heavy (non-hydrogen) atoms. The van der Waals surface area contributed by atoms with Gasteiger partial charge in [0, 0.05) is 5.57 Å². The number of H-pyrrole nitrogens is 2. The third-order valence-electron chi connectivity index (χ3n) is 2.79. The zero-order chi connectivity index (χ0) is 15.2. The van der Waals surface area contributed by atoms with E-state index in [0.29, 0.717) is 15.8 Å². The minimum atomic E-state index is -4.61. The van der Waals surface area contributed by atoms with Crippen LogP contribution in [0.1, 0.15) is 17.2 Å². The molecule has 3 rings (SSSR count). The third-order valence-corrected chi connectivity index (χ3v) is 3.64. The van der Waals surface area contributed by atoms with Crippen LogP contribution in [0.25, 0.3) is 15.8 Å². The summed E-state index contributed by atoms with van der Waals surface area (Å²) in [7, 11) is 0. The van der Waals surface area contributed by atoms with Crippen molar-refractivity contribution in [2.45, 2.75) is 6.18 Å². The molecule has 0 aliphatic heterocycles. The summed E-state index contributed by atoms with van der Waals surface area (Å²) in [5, 5.41) is 5.34. The minimum Gasteiger partial charge on any atom is -0.312 e. The van der Waals surface area contributed by atoms with E-state index in [1.54, 1.807) is 18.2 Å². The van der Waals surface area contributed by atoms with Crippen molar-refractivity contribution in [3.63, 3.8) is 0 Å². The van der Waals surface area contributed by atoms with E-state index in [-0.39, 0.29) is 16.3 Å². The van der Waals surface area contributed by atoms with Crippen LogP contribution >= 0.6 is 11.3 Å². The smallest absolute Gasteiger partial charge is 0.312 e. The van der Waals surface area contributed by atoms with E-state index >= 15 is 0 Å². The molecule has 0 atom stereocenters. The second-order valence-electron chi connectivity index (χ2n) is 4.21. The largest absolute Gasteiger partial charge is 0.453 e. The van der Waals surface area contributed by atoms with Crippen molar-refractivity contribution in [1.82, 2.24) is 20.2 Å². The zero-order valence-electron chi connectivity index (χ0n) is 10.3. The summed E-state index contributed by atoms with van der Waals surface area (Å²) in [6, 6.07) is 4.97. The Morgan fingerprint density at radius 2 is 2.10 bits per heavy atom. The first-order valence-electron chi connectivity index (χ1n) is 5.67. The third kappa shape index (κ3) is 2.47. The molecule has 0 fully saturated rings. The number of hydrogen-bond acceptors (Lipinski definition) is 4. The molecule has 0 unspecified atom stereocenters. The van der Waals surface area contributed by atoms with Gasteiger partial charge in [-0.2, -0.15) is 13.2 Å². The van der Waals surface area contributed by atoms with Crippen molar-refractivity contribution in [1.29, 1.82) is 0 Å². The van der Waals surface area contributed by atoms with E-state index in [4.69, 9.17) is 0 Å². The topological polar surface area (TPSA) is 74.4 Å². The maximum atomic E-state index is 12.5. The van der Waals surface area contributed by atoms with Crippen LogP contribution in [0, 0.1) is 0 Å². The number of halogens is 3. The van der Waals surface area contributed by atoms with Gasteiger partial charge in [0.1, 0.15) is 0 Å². The molecule has 0 saturated heterocycles. The average Bonchev–Trinajstić information content (AvgIpc) is 3.01. The van der Waals surface area contributed by atoms with Crippen molar-refractivity contribution in [2.24, 2.45) is 0 Å². The Morgan fingerprint density at radius 3 is 2.76 bits per heavy atom. The maximum absolute atomic E-state index is 12.5. The Bertz CT molecular complexity index is 890. The van der Waals surface area contributed by atoms with Crippen LogP contribution in [0.2, 0.25) is 0 Å². The van der Waals surface area contributed by atoms with E-state index in [1.807, 2.05) is 0 Å². The van der Waals surface area contributed by atoms with Crippen LogP contribution < -0.4 is 4.87 Å². The molecule has 0 saturated carbocycles. The fourth-order valence-electron chi connectivity index (χ4n) is 1.79. The molecule has 5 nitrogen and oxygen atoms in total. The van der Waals surface area contributed by atoms with Crippen molar-refractivity contribution in [3.8, 4) is 0 Å². The van der Waals surface area contributed by atoms with Crippen LogP contribution in [-0.2, 0) is 6.18 Å². The molecule has 0 bridgehead atoms. The van der Waals surface area contributed by atoms with Gasteiger partial charge in [-0.15, -0.1) is 5.10 Å². The van der Waals surface area contributed by atoms with E-state index in [9.17, 15) is 18.0 Å². The van der Waals surface area contributed by atoms with Gasteiger partial charge in [-0.1, -0.05) is 24.0 Å². The first kappa shape index (κ1) is 13.6. The molecule has 2 N–H and O–H groups in total. The highest BCUT2D eigenvalue weighted by Crippen LogP contribution is 2.28. The summed E-state index contributed by atoms with van der Waals surface area (Å²) in [6.07, 6.45) is -4.61. The standard InChI is InChI=1S/C12H7F3N4OS/c1-5(9-17-10(19-18-9)12(13,14)15)6-2-3-7-8(4-6)21-11(20)16-7/h2-4H,1H2,(H,16,20)(H,17,18,19). The van der Waals surface area contributed by atoms with Gasteiger partial charge in [-0.25, -0.2) is 4.98 Å². The van der Waals surface area contributed by atoms with Gasteiger partial charge in [0.2, 0.25) is 0 Å². The van der Waals surface area contributed by atoms with Crippen LogP contribution in [0.4, 0.5) is 13.2 Å². The Balaban J connectivity index is 1.99. The van der Waals surface area contributed by atoms with Gasteiger partial charge in [0.05, 0.1) is 10.2 Å². The molecule has 0 radical (unpaired) electrons. The molecular formula is C12H7F3N4OS. The number of alkyl halides is 3. The molecule has 0 aliphatic rings. The quantitative estimate of drug-likeness (QED) is 0.764. The highest BCUT2D eigenvalue weighted by molar-refractivity contribution is 7.16. The van der Waals surface area contributed by atoms with Gasteiger partial charge in [0.15, 0.2) is 5.82 Å². The van der Waals surface area contributed by atoms with Gasteiger partial charge in [0.25, 0.3) is 5.82 Å². The highest BCUT2D eigenvalue weighted by Gasteiger charge is 2.36. The summed E-state index contributed by atoms with van der Waals surface area (Å²) in [5.74, 6) is -1.31. The molecular weight excluding hydrogens is 305 g/mol. The van der Waals surface area contributed by atoms with Crippen LogP contribution in [-0.4, -0.2) is 20.2 Å². The molecule has 0 spiro atoms. The summed E-state index contributed by atoms with van der Waals surface area (Å²) in [6.45, 7) is 3.72. The lowest BCUT2D eigenvalue weighted by atomic mass is 10.1. The van der Waals surface area contributed by atoms with Crippen LogP contribution in [0.15, 0.2) is 29.6 Å². The second kappa shape index (κ2) is 4.55. The lowest BCUT2D eigenvalue weighted by Gasteiger charge is -2.02. The summed E-state index contributed by atoms with van der Waals surface area (Å²) in [4.78, 5) is 17.1. The monoisotopic (exact) mass is 312 g/mol. The van der Waals surface area contributed by atoms with Gasteiger partial charge >= 0.3 is 11.0 Å². The SMILES string of the molecule is C=C(c1ccc2[nH]c(=O)sc2c1)c1nc(C(F)(F)F)n[nH]1. The van der Waals surface area contributed by atoms with Crippen molar-refractivity contribution in [3.05, 3.63) is 51.7 Å².